The summed E-state index contributed by atoms with van der Waals surface area (Å²) in [7, 11) is 3.20. The van der Waals surface area contributed by atoms with E-state index in [9.17, 15) is 9.59 Å². The van der Waals surface area contributed by atoms with Crippen LogP contribution in [0.3, 0.4) is 0 Å². The highest BCUT2D eigenvalue weighted by Crippen LogP contribution is 2.20. The van der Waals surface area contributed by atoms with Crippen LogP contribution in [0.5, 0.6) is 5.75 Å². The van der Waals surface area contributed by atoms with Gasteiger partial charge in [0, 0.05) is 18.7 Å². The van der Waals surface area contributed by atoms with E-state index >= 15 is 0 Å². The van der Waals surface area contributed by atoms with Gasteiger partial charge in [0.1, 0.15) is 5.75 Å². The molecule has 1 aromatic rings. The van der Waals surface area contributed by atoms with Gasteiger partial charge >= 0.3 is 0 Å². The van der Waals surface area contributed by atoms with Crippen molar-refractivity contribution in [2.75, 3.05) is 20.7 Å². The number of carbonyl (C=O) groups is 2. The van der Waals surface area contributed by atoms with Crippen LogP contribution in [0.2, 0.25) is 0 Å². The molecule has 1 N–H and O–H groups in total. The molecule has 0 atom stereocenters. The van der Waals surface area contributed by atoms with Gasteiger partial charge < -0.3 is 15.0 Å². The van der Waals surface area contributed by atoms with E-state index in [1.165, 1.54) is 4.90 Å². The number of benzene rings is 1. The first kappa shape index (κ1) is 14.4. The van der Waals surface area contributed by atoms with Crippen LogP contribution in [0, 0.1) is 6.92 Å². The third kappa shape index (κ3) is 3.50. The molecule has 0 radical (unpaired) electrons. The lowest BCUT2D eigenvalue weighted by molar-refractivity contribution is -0.121. The molecule has 1 aromatic carbocycles. The third-order valence-electron chi connectivity index (χ3n) is 3.32. The van der Waals surface area contributed by atoms with Crippen LogP contribution in [-0.4, -0.2) is 43.5 Å². The summed E-state index contributed by atoms with van der Waals surface area (Å²) in [5.74, 6) is 0.378. The molecular formula is C15H20N2O3. The second-order valence-electron chi connectivity index (χ2n) is 5.19. The van der Waals surface area contributed by atoms with E-state index in [4.69, 9.17) is 4.74 Å². The number of carbonyl (C=O) groups excluding carboxylic acids is 2. The van der Waals surface area contributed by atoms with Crippen molar-refractivity contribution in [3.8, 4) is 5.75 Å². The molecular weight excluding hydrogens is 256 g/mol. The summed E-state index contributed by atoms with van der Waals surface area (Å²) < 4.78 is 5.21. The zero-order valence-corrected chi connectivity index (χ0v) is 12.1. The Balaban J connectivity index is 1.99. The lowest BCUT2D eigenvalue weighted by Gasteiger charge is -2.17. The van der Waals surface area contributed by atoms with E-state index < -0.39 is 0 Å². The highest BCUT2D eigenvalue weighted by atomic mass is 16.5. The lowest BCUT2D eigenvalue weighted by Crippen LogP contribution is -2.39. The topological polar surface area (TPSA) is 58.6 Å². The number of ether oxygens (including phenoxy) is 1. The average molecular weight is 276 g/mol. The molecule has 5 nitrogen and oxygen atoms in total. The lowest BCUT2D eigenvalue weighted by atomic mass is 10.1. The van der Waals surface area contributed by atoms with Crippen LogP contribution in [0.15, 0.2) is 18.2 Å². The molecule has 0 unspecified atom stereocenters. The van der Waals surface area contributed by atoms with Gasteiger partial charge in [-0.1, -0.05) is 6.07 Å². The van der Waals surface area contributed by atoms with Gasteiger partial charge in [0.15, 0.2) is 0 Å². The molecule has 20 heavy (non-hydrogen) atoms. The number of aryl methyl sites for hydroxylation is 1. The molecule has 2 amide bonds. The molecule has 1 aliphatic rings. The average Bonchev–Trinajstić information content (AvgIpc) is 3.22. The molecule has 1 saturated carbocycles. The van der Waals surface area contributed by atoms with Gasteiger partial charge in [-0.2, -0.15) is 0 Å². The van der Waals surface area contributed by atoms with Gasteiger partial charge in [-0.05, 0) is 37.5 Å². The Bertz CT molecular complexity index is 524. The summed E-state index contributed by atoms with van der Waals surface area (Å²) in [5.41, 5.74) is 1.49. The fourth-order valence-electron chi connectivity index (χ4n) is 1.96. The number of methoxy groups -OCH3 is 1. The Kier molecular flexibility index (Phi) is 4.27. The molecule has 5 heteroatoms. The molecule has 1 fully saturated rings. The predicted molar refractivity (Wildman–Crippen MR) is 75.9 cm³/mol. The maximum absolute atomic E-state index is 12.3. The molecule has 0 bridgehead atoms. The van der Waals surface area contributed by atoms with Crippen molar-refractivity contribution in [3.63, 3.8) is 0 Å². The largest absolute Gasteiger partial charge is 0.496 e. The van der Waals surface area contributed by atoms with Crippen molar-refractivity contribution in [3.05, 3.63) is 29.3 Å². The van der Waals surface area contributed by atoms with E-state index in [0.717, 1.165) is 18.4 Å². The highest BCUT2D eigenvalue weighted by molar-refractivity contribution is 5.96. The second-order valence-corrected chi connectivity index (χ2v) is 5.19. The Morgan fingerprint density at radius 2 is 2.10 bits per heavy atom. The van der Waals surface area contributed by atoms with E-state index in [0.29, 0.717) is 17.4 Å². The summed E-state index contributed by atoms with van der Waals surface area (Å²) in [5, 5.41) is 2.87. The normalized spacial score (nSPS) is 13.8. The summed E-state index contributed by atoms with van der Waals surface area (Å²) in [6.07, 6.45) is 2.08. The van der Waals surface area contributed by atoms with E-state index in [1.807, 2.05) is 13.0 Å². The number of likely N-dealkylation sites (N-methyl/N-ethyl adjacent to an activating group) is 1. The predicted octanol–water partition coefficient (Wildman–Crippen LogP) is 1.35. The van der Waals surface area contributed by atoms with E-state index in [1.54, 1.807) is 26.3 Å². The van der Waals surface area contributed by atoms with Crippen LogP contribution in [0.25, 0.3) is 0 Å². The summed E-state index contributed by atoms with van der Waals surface area (Å²) in [4.78, 5) is 25.4. The quantitative estimate of drug-likeness (QED) is 0.883. The van der Waals surface area contributed by atoms with Gasteiger partial charge in [0.05, 0.1) is 13.7 Å². The Hall–Kier alpha value is -2.04. The Morgan fingerprint density at radius 3 is 2.70 bits per heavy atom. The minimum absolute atomic E-state index is 0.0749. The van der Waals surface area contributed by atoms with Gasteiger partial charge in [-0.3, -0.25) is 9.59 Å². The van der Waals surface area contributed by atoms with Crippen molar-refractivity contribution in [2.24, 2.45) is 0 Å². The molecule has 108 valence electrons. The minimum atomic E-state index is -0.186. The number of hydrogen-bond acceptors (Lipinski definition) is 3. The number of hydrogen-bond donors (Lipinski definition) is 1. The first-order chi connectivity index (χ1) is 9.51. The maximum atomic E-state index is 12.3. The standard InChI is InChI=1S/C15H20N2O3/c1-10-4-5-11(8-13(10)20-3)15(19)17(2)9-14(18)16-12-6-7-12/h4-5,8,12H,6-7,9H2,1-3H3,(H,16,18). The smallest absolute Gasteiger partial charge is 0.254 e. The van der Waals surface area contributed by atoms with Crippen LogP contribution in [-0.2, 0) is 4.79 Å². The molecule has 0 spiro atoms. The minimum Gasteiger partial charge on any atom is -0.496 e. The summed E-state index contributed by atoms with van der Waals surface area (Å²) in [6, 6.07) is 5.59. The van der Waals surface area contributed by atoms with Gasteiger partial charge in [-0.15, -0.1) is 0 Å². The molecule has 1 aliphatic carbocycles. The summed E-state index contributed by atoms with van der Waals surface area (Å²) >= 11 is 0. The molecule has 0 aliphatic heterocycles. The van der Waals surface area contributed by atoms with Gasteiger partial charge in [-0.25, -0.2) is 0 Å². The van der Waals surface area contributed by atoms with Crippen molar-refractivity contribution in [2.45, 2.75) is 25.8 Å². The maximum Gasteiger partial charge on any atom is 0.254 e. The zero-order valence-electron chi connectivity index (χ0n) is 12.1. The second kappa shape index (κ2) is 5.94. The number of rotatable bonds is 5. The highest BCUT2D eigenvalue weighted by Gasteiger charge is 2.24. The van der Waals surface area contributed by atoms with Gasteiger partial charge in [0.2, 0.25) is 5.91 Å². The van der Waals surface area contributed by atoms with Gasteiger partial charge in [0.25, 0.3) is 5.91 Å². The molecule has 2 rings (SSSR count). The first-order valence-corrected chi connectivity index (χ1v) is 6.70. The van der Waals surface area contributed by atoms with Crippen LogP contribution >= 0.6 is 0 Å². The van der Waals surface area contributed by atoms with E-state index in [2.05, 4.69) is 5.32 Å². The SMILES string of the molecule is COc1cc(C(=O)N(C)CC(=O)NC2CC2)ccc1C. The Labute approximate surface area is 118 Å². The molecule has 0 saturated heterocycles. The van der Waals surface area contributed by atoms with Crippen LogP contribution < -0.4 is 10.1 Å². The van der Waals surface area contributed by atoms with Crippen molar-refractivity contribution < 1.29 is 14.3 Å². The van der Waals surface area contributed by atoms with Crippen LogP contribution in [0.4, 0.5) is 0 Å². The Morgan fingerprint density at radius 1 is 1.40 bits per heavy atom. The monoisotopic (exact) mass is 276 g/mol. The number of nitrogens with zero attached hydrogens (tertiary/aromatic N) is 1. The number of amides is 2. The van der Waals surface area contributed by atoms with Crippen molar-refractivity contribution in [1.82, 2.24) is 10.2 Å². The summed E-state index contributed by atoms with van der Waals surface area (Å²) in [6.45, 7) is 1.99. The third-order valence-corrected chi connectivity index (χ3v) is 3.32. The molecule has 0 heterocycles. The molecule has 0 aromatic heterocycles. The van der Waals surface area contributed by atoms with E-state index in [-0.39, 0.29) is 18.4 Å². The van der Waals surface area contributed by atoms with Crippen molar-refractivity contribution in [1.29, 1.82) is 0 Å². The van der Waals surface area contributed by atoms with Crippen molar-refractivity contribution >= 4 is 11.8 Å². The number of nitrogens with one attached hydrogen (secondary N) is 1. The fourth-order valence-corrected chi connectivity index (χ4v) is 1.96. The zero-order chi connectivity index (χ0) is 14.7. The van der Waals surface area contributed by atoms with Crippen LogP contribution in [0.1, 0.15) is 28.8 Å². The fraction of sp³-hybridized carbons (Fsp3) is 0.467. The first-order valence-electron chi connectivity index (χ1n) is 6.70.